The van der Waals surface area contributed by atoms with Gasteiger partial charge >= 0.3 is 0 Å². The molecule has 0 aliphatic heterocycles. The third-order valence-corrected chi connectivity index (χ3v) is 6.00. The van der Waals surface area contributed by atoms with Crippen molar-refractivity contribution in [3.8, 4) is 22.7 Å². The molecule has 0 saturated carbocycles. The second kappa shape index (κ2) is 7.42. The molecule has 154 valence electrons. The van der Waals surface area contributed by atoms with E-state index in [-0.39, 0.29) is 12.1 Å². The minimum Gasteiger partial charge on any atom is -0.490 e. The van der Waals surface area contributed by atoms with Gasteiger partial charge in [0.05, 0.1) is 32.6 Å². The number of primary amides is 1. The van der Waals surface area contributed by atoms with Crippen LogP contribution in [0.5, 0.6) is 5.75 Å². The van der Waals surface area contributed by atoms with Crippen molar-refractivity contribution in [3.63, 3.8) is 0 Å². The van der Waals surface area contributed by atoms with Gasteiger partial charge in [0, 0.05) is 24.0 Å². The molecule has 1 aromatic carbocycles. The maximum Gasteiger partial charge on any atom is 0.259 e. The Morgan fingerprint density at radius 3 is 2.63 bits per heavy atom. The Morgan fingerprint density at radius 2 is 2.00 bits per heavy atom. The molecule has 4 aromatic rings. The van der Waals surface area contributed by atoms with Gasteiger partial charge in [0.2, 0.25) is 5.95 Å². The summed E-state index contributed by atoms with van der Waals surface area (Å²) in [4.78, 5) is 25.4. The largest absolute Gasteiger partial charge is 0.490 e. The minimum absolute atomic E-state index is 0.0520. The van der Waals surface area contributed by atoms with Gasteiger partial charge in [0.25, 0.3) is 5.91 Å². The number of hydrogen-bond acceptors (Lipinski definition) is 7. The molecule has 0 bridgehead atoms. The van der Waals surface area contributed by atoms with Crippen molar-refractivity contribution in [2.75, 3.05) is 5.73 Å². The average Bonchev–Trinajstić information content (AvgIpc) is 3.24. The van der Waals surface area contributed by atoms with E-state index in [1.165, 1.54) is 11.3 Å². The molecule has 30 heavy (non-hydrogen) atoms. The van der Waals surface area contributed by atoms with Gasteiger partial charge in [-0.3, -0.25) is 4.79 Å². The number of aryl methyl sites for hydroxylation is 2. The lowest BCUT2D eigenvalue weighted by Gasteiger charge is -2.17. The number of aromatic nitrogens is 4. The first-order valence-corrected chi connectivity index (χ1v) is 10.3. The van der Waals surface area contributed by atoms with Crippen molar-refractivity contribution < 1.29 is 9.53 Å². The Kier molecular flexibility index (Phi) is 4.90. The second-order valence-corrected chi connectivity index (χ2v) is 8.24. The summed E-state index contributed by atoms with van der Waals surface area (Å²) in [6.07, 6.45) is 3.59. The SMILES string of the molecule is Cc1c(C(N)=O)sc2c(-c3ccc(-n4ccnc4C)cc3OC(C)C)nc(N)nc12. The number of fused-ring (bicyclic) bond motifs is 1. The number of nitrogen functional groups attached to an aromatic ring is 1. The predicted octanol–water partition coefficient (Wildman–Crippen LogP) is 3.63. The van der Waals surface area contributed by atoms with E-state index in [0.29, 0.717) is 27.4 Å². The minimum atomic E-state index is -0.496. The van der Waals surface area contributed by atoms with Crippen molar-refractivity contribution in [2.45, 2.75) is 33.8 Å². The van der Waals surface area contributed by atoms with E-state index in [1.807, 2.05) is 56.7 Å². The van der Waals surface area contributed by atoms with E-state index in [2.05, 4.69) is 15.0 Å². The number of hydrogen-bond donors (Lipinski definition) is 2. The predicted molar refractivity (Wildman–Crippen MR) is 118 cm³/mol. The molecular weight excluding hydrogens is 400 g/mol. The van der Waals surface area contributed by atoms with Gasteiger partial charge in [-0.25, -0.2) is 15.0 Å². The molecule has 9 heteroatoms. The lowest BCUT2D eigenvalue weighted by Crippen LogP contribution is -2.09. The topological polar surface area (TPSA) is 122 Å². The van der Waals surface area contributed by atoms with E-state index >= 15 is 0 Å². The van der Waals surface area contributed by atoms with E-state index in [1.54, 1.807) is 6.20 Å². The first-order valence-electron chi connectivity index (χ1n) is 9.44. The molecule has 0 saturated heterocycles. The van der Waals surface area contributed by atoms with Crippen molar-refractivity contribution >= 4 is 33.4 Å². The van der Waals surface area contributed by atoms with Crippen LogP contribution in [-0.4, -0.2) is 31.5 Å². The smallest absolute Gasteiger partial charge is 0.259 e. The molecule has 0 radical (unpaired) electrons. The number of nitrogens with two attached hydrogens (primary N) is 2. The summed E-state index contributed by atoms with van der Waals surface area (Å²) in [5.74, 6) is 1.15. The molecule has 1 amide bonds. The Morgan fingerprint density at radius 1 is 1.23 bits per heavy atom. The summed E-state index contributed by atoms with van der Waals surface area (Å²) in [6, 6.07) is 5.85. The van der Waals surface area contributed by atoms with Gasteiger partial charge in [-0.2, -0.15) is 0 Å². The number of nitrogens with zero attached hydrogens (tertiary/aromatic N) is 4. The molecule has 4 N–H and O–H groups in total. The number of benzene rings is 1. The number of imidazole rings is 1. The van der Waals surface area contributed by atoms with Crippen molar-refractivity contribution in [1.82, 2.24) is 19.5 Å². The fraction of sp³-hybridized carbons (Fsp3) is 0.238. The summed E-state index contributed by atoms with van der Waals surface area (Å²) < 4.78 is 8.85. The quantitative estimate of drug-likeness (QED) is 0.506. The van der Waals surface area contributed by atoms with Crippen molar-refractivity contribution in [3.05, 3.63) is 46.9 Å². The molecule has 8 nitrogen and oxygen atoms in total. The Hall–Kier alpha value is -3.46. The monoisotopic (exact) mass is 422 g/mol. The highest BCUT2D eigenvalue weighted by Gasteiger charge is 2.22. The molecule has 0 unspecified atom stereocenters. The number of carbonyl (C=O) groups excluding carboxylic acids is 1. The van der Waals surface area contributed by atoms with E-state index in [9.17, 15) is 4.79 Å². The standard InChI is InChI=1S/C21H22N6O2S/c1-10(2)29-15-9-13(27-8-7-24-12(27)4)5-6-14(15)17-19-16(25-21(23)26-17)11(3)18(30-19)20(22)28/h5-10H,1-4H3,(H2,22,28)(H2,23,25,26). The van der Waals surface area contributed by atoms with Crippen molar-refractivity contribution in [1.29, 1.82) is 0 Å². The summed E-state index contributed by atoms with van der Waals surface area (Å²) in [5, 5.41) is 0. The van der Waals surface area contributed by atoms with Crippen LogP contribution >= 0.6 is 11.3 Å². The molecule has 3 aromatic heterocycles. The molecule has 0 aliphatic carbocycles. The maximum absolute atomic E-state index is 11.9. The number of carbonyl (C=O) groups is 1. The number of thiophene rings is 1. The van der Waals surface area contributed by atoms with E-state index < -0.39 is 5.91 Å². The van der Waals surface area contributed by atoms with Crippen LogP contribution in [0.15, 0.2) is 30.6 Å². The maximum atomic E-state index is 11.9. The number of amides is 1. The van der Waals surface area contributed by atoms with Gasteiger partial charge < -0.3 is 20.8 Å². The summed E-state index contributed by atoms with van der Waals surface area (Å²) in [6.45, 7) is 7.67. The zero-order valence-electron chi connectivity index (χ0n) is 17.1. The first kappa shape index (κ1) is 19.8. The van der Waals surface area contributed by atoms with Gasteiger partial charge in [-0.05, 0) is 45.4 Å². The first-order chi connectivity index (χ1) is 14.3. The normalized spacial score (nSPS) is 11.4. The Bertz CT molecular complexity index is 1270. The highest BCUT2D eigenvalue weighted by molar-refractivity contribution is 7.21. The van der Waals surface area contributed by atoms with Crippen LogP contribution in [-0.2, 0) is 0 Å². The fourth-order valence-corrected chi connectivity index (χ4v) is 4.48. The van der Waals surface area contributed by atoms with E-state index in [0.717, 1.165) is 21.8 Å². The lowest BCUT2D eigenvalue weighted by atomic mass is 10.1. The Balaban J connectivity index is 1.97. The zero-order valence-corrected chi connectivity index (χ0v) is 17.9. The molecule has 0 spiro atoms. The van der Waals surface area contributed by atoms with Gasteiger partial charge in [-0.1, -0.05) is 0 Å². The van der Waals surface area contributed by atoms with Crippen LogP contribution in [0.3, 0.4) is 0 Å². The number of ether oxygens (including phenoxy) is 1. The molecule has 0 aliphatic rings. The van der Waals surface area contributed by atoms with Gasteiger partial charge in [0.1, 0.15) is 11.6 Å². The van der Waals surface area contributed by atoms with Crippen LogP contribution in [0.1, 0.15) is 34.9 Å². The molecule has 3 heterocycles. The van der Waals surface area contributed by atoms with Crippen LogP contribution in [0.4, 0.5) is 5.95 Å². The zero-order chi connectivity index (χ0) is 21.6. The average molecular weight is 423 g/mol. The third-order valence-electron chi connectivity index (χ3n) is 4.69. The van der Waals surface area contributed by atoms with Crippen LogP contribution in [0.25, 0.3) is 27.2 Å². The van der Waals surface area contributed by atoms with Crippen LogP contribution in [0, 0.1) is 13.8 Å². The summed E-state index contributed by atoms with van der Waals surface area (Å²) in [5.41, 5.74) is 15.2. The molecule has 0 fully saturated rings. The Labute approximate surface area is 177 Å². The number of anilines is 1. The second-order valence-electron chi connectivity index (χ2n) is 7.22. The van der Waals surface area contributed by atoms with Crippen LogP contribution in [0.2, 0.25) is 0 Å². The molecule has 0 atom stereocenters. The summed E-state index contributed by atoms with van der Waals surface area (Å²) >= 11 is 1.27. The van der Waals surface area contributed by atoms with Gasteiger partial charge in [-0.15, -0.1) is 11.3 Å². The fourth-order valence-electron chi connectivity index (χ4n) is 3.38. The van der Waals surface area contributed by atoms with Crippen LogP contribution < -0.4 is 16.2 Å². The highest BCUT2D eigenvalue weighted by atomic mass is 32.1. The third kappa shape index (κ3) is 3.37. The molecular formula is C21H22N6O2S. The highest BCUT2D eigenvalue weighted by Crippen LogP contribution is 2.40. The number of rotatable bonds is 5. The van der Waals surface area contributed by atoms with Gasteiger partial charge in [0.15, 0.2) is 0 Å². The summed E-state index contributed by atoms with van der Waals surface area (Å²) in [7, 11) is 0. The van der Waals surface area contributed by atoms with Crippen molar-refractivity contribution in [2.24, 2.45) is 5.73 Å². The lowest BCUT2D eigenvalue weighted by molar-refractivity contribution is 0.100. The van der Waals surface area contributed by atoms with E-state index in [4.69, 9.17) is 16.2 Å². The molecule has 4 rings (SSSR count).